The molecule has 0 radical (unpaired) electrons. The van der Waals surface area contributed by atoms with Crippen LogP contribution in [0.1, 0.15) is 51.1 Å². The highest BCUT2D eigenvalue weighted by Crippen LogP contribution is 2.42. The molecule has 4 rings (SSSR count). The predicted molar refractivity (Wildman–Crippen MR) is 98.6 cm³/mol. The van der Waals surface area contributed by atoms with E-state index >= 15 is 0 Å². The van der Waals surface area contributed by atoms with Gasteiger partial charge in [0, 0.05) is 28.7 Å². The van der Waals surface area contributed by atoms with E-state index < -0.39 is 6.43 Å². The SMILES string of the molecule is CC1CCC(C2CCC2)CN1c1cc(C(F)F)nc2ccc(Cl)cc12. The summed E-state index contributed by atoms with van der Waals surface area (Å²) < 4.78 is 26.8. The summed E-state index contributed by atoms with van der Waals surface area (Å²) in [6.07, 6.45) is 3.75. The molecule has 2 aromatic rings. The molecule has 2 aliphatic rings. The molecule has 1 saturated carbocycles. The number of benzene rings is 1. The standard InChI is InChI=1S/C20H23ClF2N2/c1-12-5-6-14(13-3-2-4-13)11-25(12)19-10-18(20(22)23)24-17-8-7-15(21)9-16(17)19/h7-10,12-14,20H,2-6,11H2,1H3. The molecule has 2 atom stereocenters. The smallest absolute Gasteiger partial charge is 0.280 e. The molecular formula is C20H23ClF2N2. The molecule has 25 heavy (non-hydrogen) atoms. The summed E-state index contributed by atoms with van der Waals surface area (Å²) in [5.41, 5.74) is 1.30. The quantitative estimate of drug-likeness (QED) is 0.641. The van der Waals surface area contributed by atoms with Gasteiger partial charge < -0.3 is 4.90 Å². The third kappa shape index (κ3) is 3.21. The Morgan fingerprint density at radius 2 is 1.92 bits per heavy atom. The molecule has 2 fully saturated rings. The Morgan fingerprint density at radius 3 is 2.60 bits per heavy atom. The molecule has 0 amide bonds. The van der Waals surface area contributed by atoms with E-state index in [1.807, 2.05) is 6.07 Å². The second-order valence-electron chi connectivity index (χ2n) is 7.56. The van der Waals surface area contributed by atoms with E-state index in [1.54, 1.807) is 18.2 Å². The highest BCUT2D eigenvalue weighted by Gasteiger charge is 2.34. The van der Waals surface area contributed by atoms with Crippen LogP contribution in [0.2, 0.25) is 5.02 Å². The Balaban J connectivity index is 1.78. The normalized spacial score (nSPS) is 24.8. The van der Waals surface area contributed by atoms with Crippen LogP contribution in [-0.2, 0) is 0 Å². The van der Waals surface area contributed by atoms with Gasteiger partial charge in [-0.05, 0) is 55.9 Å². The molecule has 1 aliphatic heterocycles. The van der Waals surface area contributed by atoms with E-state index in [1.165, 1.54) is 25.7 Å². The van der Waals surface area contributed by atoms with E-state index in [0.717, 1.165) is 30.0 Å². The monoisotopic (exact) mass is 364 g/mol. The molecule has 0 spiro atoms. The van der Waals surface area contributed by atoms with E-state index in [4.69, 9.17) is 11.6 Å². The van der Waals surface area contributed by atoms with Gasteiger partial charge in [0.2, 0.25) is 0 Å². The van der Waals surface area contributed by atoms with Gasteiger partial charge in [-0.2, -0.15) is 0 Å². The molecule has 2 unspecified atom stereocenters. The van der Waals surface area contributed by atoms with Crippen molar-refractivity contribution in [2.75, 3.05) is 11.4 Å². The number of anilines is 1. The molecule has 0 bridgehead atoms. The number of rotatable bonds is 3. The highest BCUT2D eigenvalue weighted by molar-refractivity contribution is 6.31. The Morgan fingerprint density at radius 1 is 1.12 bits per heavy atom. The maximum atomic E-state index is 13.4. The summed E-state index contributed by atoms with van der Waals surface area (Å²) in [5, 5.41) is 1.48. The Hall–Kier alpha value is -1.42. The number of nitrogens with zero attached hydrogens (tertiary/aromatic N) is 2. The topological polar surface area (TPSA) is 16.1 Å². The molecule has 1 aromatic heterocycles. The van der Waals surface area contributed by atoms with Crippen molar-refractivity contribution in [3.05, 3.63) is 35.0 Å². The number of pyridine rings is 1. The minimum Gasteiger partial charge on any atom is -0.368 e. The Labute approximate surface area is 152 Å². The number of alkyl halides is 2. The Bertz CT molecular complexity index is 776. The largest absolute Gasteiger partial charge is 0.368 e. The molecule has 2 nitrogen and oxygen atoms in total. The van der Waals surface area contributed by atoms with Crippen LogP contribution >= 0.6 is 11.6 Å². The van der Waals surface area contributed by atoms with Crippen LogP contribution in [0.25, 0.3) is 10.9 Å². The summed E-state index contributed by atoms with van der Waals surface area (Å²) in [5.74, 6) is 1.48. The van der Waals surface area contributed by atoms with Gasteiger partial charge in [-0.1, -0.05) is 30.9 Å². The van der Waals surface area contributed by atoms with Crippen LogP contribution in [0.5, 0.6) is 0 Å². The van der Waals surface area contributed by atoms with Crippen LogP contribution < -0.4 is 4.90 Å². The molecular weight excluding hydrogens is 342 g/mol. The summed E-state index contributed by atoms with van der Waals surface area (Å²) in [4.78, 5) is 6.46. The van der Waals surface area contributed by atoms with Crippen molar-refractivity contribution in [2.45, 2.75) is 51.5 Å². The zero-order chi connectivity index (χ0) is 17.6. The van der Waals surface area contributed by atoms with Gasteiger partial charge in [0.15, 0.2) is 0 Å². The molecule has 1 aromatic carbocycles. The minimum absolute atomic E-state index is 0.150. The van der Waals surface area contributed by atoms with Gasteiger partial charge in [0.25, 0.3) is 6.43 Å². The summed E-state index contributed by atoms with van der Waals surface area (Å²) in [6.45, 7) is 3.13. The first-order valence-electron chi connectivity index (χ1n) is 9.18. The first-order valence-corrected chi connectivity index (χ1v) is 9.55. The molecule has 2 heterocycles. The fraction of sp³-hybridized carbons (Fsp3) is 0.550. The third-order valence-corrected chi connectivity index (χ3v) is 6.27. The fourth-order valence-electron chi connectivity index (χ4n) is 4.32. The maximum Gasteiger partial charge on any atom is 0.280 e. The molecule has 0 N–H and O–H groups in total. The lowest BCUT2D eigenvalue weighted by Gasteiger charge is -2.45. The van der Waals surface area contributed by atoms with E-state index in [2.05, 4.69) is 16.8 Å². The summed E-state index contributed by atoms with van der Waals surface area (Å²) >= 11 is 6.18. The summed E-state index contributed by atoms with van der Waals surface area (Å²) in [7, 11) is 0. The van der Waals surface area contributed by atoms with Crippen LogP contribution in [0.3, 0.4) is 0 Å². The van der Waals surface area contributed by atoms with Crippen LogP contribution in [0.4, 0.5) is 14.5 Å². The molecule has 1 saturated heterocycles. The van der Waals surface area contributed by atoms with Gasteiger partial charge in [-0.15, -0.1) is 0 Å². The van der Waals surface area contributed by atoms with Crippen molar-refractivity contribution in [1.82, 2.24) is 4.98 Å². The lowest BCUT2D eigenvalue weighted by atomic mass is 9.72. The number of piperidine rings is 1. The van der Waals surface area contributed by atoms with Crippen molar-refractivity contribution in [3.8, 4) is 0 Å². The first-order chi connectivity index (χ1) is 12.0. The first kappa shape index (κ1) is 17.0. The fourth-order valence-corrected chi connectivity index (χ4v) is 4.49. The lowest BCUT2D eigenvalue weighted by Crippen LogP contribution is -2.45. The number of fused-ring (bicyclic) bond motifs is 1. The van der Waals surface area contributed by atoms with Gasteiger partial charge in [0.1, 0.15) is 5.69 Å². The van der Waals surface area contributed by atoms with Crippen molar-refractivity contribution < 1.29 is 8.78 Å². The van der Waals surface area contributed by atoms with Gasteiger partial charge in [-0.3, -0.25) is 0 Å². The van der Waals surface area contributed by atoms with Gasteiger partial charge in [-0.25, -0.2) is 13.8 Å². The zero-order valence-electron chi connectivity index (χ0n) is 14.4. The maximum absolute atomic E-state index is 13.4. The minimum atomic E-state index is -2.57. The molecule has 134 valence electrons. The van der Waals surface area contributed by atoms with Gasteiger partial charge in [0.05, 0.1) is 5.52 Å². The average molecular weight is 365 g/mol. The number of halogens is 3. The second-order valence-corrected chi connectivity index (χ2v) is 7.99. The lowest BCUT2D eigenvalue weighted by molar-refractivity contribution is 0.146. The number of hydrogen-bond acceptors (Lipinski definition) is 2. The zero-order valence-corrected chi connectivity index (χ0v) is 15.1. The van der Waals surface area contributed by atoms with Crippen LogP contribution in [0, 0.1) is 11.8 Å². The van der Waals surface area contributed by atoms with Gasteiger partial charge >= 0.3 is 0 Å². The van der Waals surface area contributed by atoms with E-state index in [9.17, 15) is 8.78 Å². The number of hydrogen-bond donors (Lipinski definition) is 0. The summed E-state index contributed by atoms with van der Waals surface area (Å²) in [6, 6.07) is 7.22. The van der Waals surface area contributed by atoms with E-state index in [-0.39, 0.29) is 5.69 Å². The van der Waals surface area contributed by atoms with Crippen molar-refractivity contribution >= 4 is 28.2 Å². The molecule has 5 heteroatoms. The van der Waals surface area contributed by atoms with Crippen LogP contribution in [0.15, 0.2) is 24.3 Å². The molecule has 1 aliphatic carbocycles. The van der Waals surface area contributed by atoms with Crippen molar-refractivity contribution in [2.24, 2.45) is 11.8 Å². The van der Waals surface area contributed by atoms with Crippen molar-refractivity contribution in [1.29, 1.82) is 0 Å². The number of aromatic nitrogens is 1. The third-order valence-electron chi connectivity index (χ3n) is 6.04. The average Bonchev–Trinajstić information content (AvgIpc) is 2.54. The second kappa shape index (κ2) is 6.71. The van der Waals surface area contributed by atoms with E-state index in [0.29, 0.717) is 22.5 Å². The van der Waals surface area contributed by atoms with Crippen LogP contribution in [-0.4, -0.2) is 17.6 Å². The predicted octanol–water partition coefficient (Wildman–Crippen LogP) is 6.23. The van der Waals surface area contributed by atoms with Crippen molar-refractivity contribution in [3.63, 3.8) is 0 Å². The highest BCUT2D eigenvalue weighted by atomic mass is 35.5. The Kier molecular flexibility index (Phi) is 4.57.